The Morgan fingerprint density at radius 1 is 1.27 bits per heavy atom. The minimum absolute atomic E-state index is 0.153. The number of pyridine rings is 2. The van der Waals surface area contributed by atoms with Gasteiger partial charge in [0.15, 0.2) is 5.82 Å². The summed E-state index contributed by atoms with van der Waals surface area (Å²) in [4.78, 5) is 24.5. The lowest BCUT2D eigenvalue weighted by molar-refractivity contribution is 0.0694. The zero-order valence-corrected chi connectivity index (χ0v) is 16.8. The molecule has 1 atom stereocenters. The van der Waals surface area contributed by atoms with Gasteiger partial charge in [0.25, 0.3) is 5.56 Å². The highest BCUT2D eigenvalue weighted by Gasteiger charge is 2.31. The van der Waals surface area contributed by atoms with Crippen LogP contribution in [0.5, 0.6) is 0 Å². The average Bonchev–Trinajstić information content (AvgIpc) is 3.49. The summed E-state index contributed by atoms with van der Waals surface area (Å²) in [6.07, 6.45) is 1.81. The number of nitrogens with zero attached hydrogens (tertiary/aromatic N) is 1. The van der Waals surface area contributed by atoms with Gasteiger partial charge in [0.1, 0.15) is 11.4 Å². The molecule has 0 bridgehead atoms. The van der Waals surface area contributed by atoms with Gasteiger partial charge in [-0.3, -0.25) is 9.20 Å². The largest absolute Gasteiger partial charge is 0.477 e. The second-order valence-electron chi connectivity index (χ2n) is 8.30. The predicted molar refractivity (Wildman–Crippen MR) is 112 cm³/mol. The van der Waals surface area contributed by atoms with Crippen molar-refractivity contribution in [3.05, 3.63) is 68.3 Å². The number of hydrogen-bond donors (Lipinski definition) is 3. The highest BCUT2D eigenvalue weighted by Crippen LogP contribution is 2.45. The molecule has 0 saturated heterocycles. The number of aromatic nitrogens is 1. The predicted octanol–water partition coefficient (Wildman–Crippen LogP) is 3.74. The maximum absolute atomic E-state index is 15.5. The summed E-state index contributed by atoms with van der Waals surface area (Å²) < 4.78 is 16.6. The Kier molecular flexibility index (Phi) is 4.02. The minimum Gasteiger partial charge on any atom is -0.477 e. The lowest BCUT2D eigenvalue weighted by Crippen LogP contribution is -2.26. The molecule has 2 aromatic heterocycles. The molecule has 6 nitrogen and oxygen atoms in total. The molecule has 1 unspecified atom stereocenters. The number of carbonyl (C=O) groups is 1. The number of nitrogens with two attached hydrogens (primary N) is 1. The highest BCUT2D eigenvalue weighted by molar-refractivity contribution is 5.90. The van der Waals surface area contributed by atoms with E-state index >= 15 is 4.39 Å². The lowest BCUT2D eigenvalue weighted by atomic mass is 9.93. The van der Waals surface area contributed by atoms with Crippen molar-refractivity contribution in [1.29, 1.82) is 0 Å². The number of aryl methyl sites for hydroxylation is 1. The van der Waals surface area contributed by atoms with Crippen molar-refractivity contribution in [3.63, 3.8) is 0 Å². The normalized spacial score (nSPS) is 18.0. The van der Waals surface area contributed by atoms with E-state index in [2.05, 4.69) is 12.2 Å². The second kappa shape index (κ2) is 6.40. The first-order valence-electron chi connectivity index (χ1n) is 10.1. The summed E-state index contributed by atoms with van der Waals surface area (Å²) >= 11 is 0. The second-order valence-corrected chi connectivity index (χ2v) is 8.30. The van der Waals surface area contributed by atoms with Gasteiger partial charge < -0.3 is 16.2 Å². The first kappa shape index (κ1) is 18.8. The number of hydrogen-bond acceptors (Lipinski definition) is 4. The first-order valence-corrected chi connectivity index (χ1v) is 10.1. The van der Waals surface area contributed by atoms with Crippen LogP contribution in [0.1, 0.15) is 64.3 Å². The van der Waals surface area contributed by atoms with E-state index in [-0.39, 0.29) is 23.3 Å². The van der Waals surface area contributed by atoms with E-state index in [0.717, 1.165) is 28.4 Å². The SMILES string of the molecule is Cc1c(-c2ccc3c(c2)CNC3C)c(F)c(N)n2c(=O)c(C(=O)O)cc(C3CC3)c12. The van der Waals surface area contributed by atoms with Crippen LogP contribution in [0.3, 0.4) is 0 Å². The van der Waals surface area contributed by atoms with Crippen molar-refractivity contribution in [2.24, 2.45) is 0 Å². The molecule has 4 N–H and O–H groups in total. The van der Waals surface area contributed by atoms with Gasteiger partial charge >= 0.3 is 5.97 Å². The molecule has 7 heteroatoms. The molecular weight excluding hydrogens is 385 g/mol. The third kappa shape index (κ3) is 2.58. The first-order chi connectivity index (χ1) is 14.3. The molecule has 154 valence electrons. The van der Waals surface area contributed by atoms with E-state index in [1.54, 1.807) is 6.92 Å². The van der Waals surface area contributed by atoms with E-state index < -0.39 is 17.3 Å². The van der Waals surface area contributed by atoms with Gasteiger partial charge in [-0.1, -0.05) is 12.1 Å². The molecule has 0 spiro atoms. The summed E-state index contributed by atoms with van der Waals surface area (Å²) in [5.74, 6) is -2.24. The number of carboxylic acids is 1. The van der Waals surface area contributed by atoms with Crippen molar-refractivity contribution in [1.82, 2.24) is 9.72 Å². The van der Waals surface area contributed by atoms with E-state index in [1.807, 2.05) is 18.2 Å². The Morgan fingerprint density at radius 3 is 2.67 bits per heavy atom. The Balaban J connectivity index is 1.86. The van der Waals surface area contributed by atoms with Crippen molar-refractivity contribution in [2.75, 3.05) is 5.73 Å². The molecule has 0 radical (unpaired) electrons. The minimum atomic E-state index is -1.34. The third-order valence-corrected chi connectivity index (χ3v) is 6.39. The van der Waals surface area contributed by atoms with Crippen LogP contribution in [0, 0.1) is 12.7 Å². The number of fused-ring (bicyclic) bond motifs is 2. The summed E-state index contributed by atoms with van der Waals surface area (Å²) in [7, 11) is 0. The average molecular weight is 407 g/mol. The fraction of sp³-hybridized carbons (Fsp3) is 0.304. The number of anilines is 1. The number of rotatable bonds is 3. The van der Waals surface area contributed by atoms with Crippen LogP contribution >= 0.6 is 0 Å². The van der Waals surface area contributed by atoms with Crippen LogP contribution in [-0.4, -0.2) is 15.5 Å². The van der Waals surface area contributed by atoms with Crippen LogP contribution in [-0.2, 0) is 6.54 Å². The highest BCUT2D eigenvalue weighted by atomic mass is 19.1. The molecule has 2 aliphatic rings. The fourth-order valence-electron chi connectivity index (χ4n) is 4.67. The molecule has 1 saturated carbocycles. The third-order valence-electron chi connectivity index (χ3n) is 6.39. The van der Waals surface area contributed by atoms with Crippen LogP contribution in [0.2, 0.25) is 0 Å². The van der Waals surface area contributed by atoms with Crippen LogP contribution in [0.4, 0.5) is 10.2 Å². The van der Waals surface area contributed by atoms with Crippen molar-refractivity contribution < 1.29 is 14.3 Å². The maximum atomic E-state index is 15.5. The molecule has 1 aromatic carbocycles. The topological polar surface area (TPSA) is 96.8 Å². The van der Waals surface area contributed by atoms with Crippen molar-refractivity contribution >= 4 is 17.3 Å². The van der Waals surface area contributed by atoms with E-state index in [9.17, 15) is 14.7 Å². The summed E-state index contributed by atoms with van der Waals surface area (Å²) in [6.45, 7) is 4.57. The Morgan fingerprint density at radius 2 is 2.00 bits per heavy atom. The number of nitrogens with one attached hydrogen (secondary N) is 1. The van der Waals surface area contributed by atoms with Gasteiger partial charge in [-0.2, -0.15) is 0 Å². The van der Waals surface area contributed by atoms with Crippen LogP contribution < -0.4 is 16.6 Å². The molecule has 1 aliphatic heterocycles. The number of halogens is 1. The van der Waals surface area contributed by atoms with E-state index in [4.69, 9.17) is 5.73 Å². The van der Waals surface area contributed by atoms with Gasteiger partial charge in [0.05, 0.1) is 5.52 Å². The molecule has 0 amide bonds. The monoisotopic (exact) mass is 407 g/mol. The Hall–Kier alpha value is -3.19. The molecule has 3 heterocycles. The van der Waals surface area contributed by atoms with Gasteiger partial charge in [0, 0.05) is 18.2 Å². The summed E-state index contributed by atoms with van der Waals surface area (Å²) in [5.41, 5.74) is 10.1. The Bertz CT molecular complexity index is 1310. The molecule has 1 fully saturated rings. The zero-order chi connectivity index (χ0) is 21.3. The molecule has 30 heavy (non-hydrogen) atoms. The summed E-state index contributed by atoms with van der Waals surface area (Å²) in [6, 6.07) is 7.53. The standard InChI is InChI=1S/C23H22FN3O3/c1-10-18(13-5-6-15-11(2)26-9-14(15)7-13)19(24)21(25)27-20(10)16(12-3-4-12)8-17(22(27)28)23(29)30/h5-8,11-12,26H,3-4,9,25H2,1-2H3,(H,29,30). The Labute approximate surface area is 172 Å². The van der Waals surface area contributed by atoms with Gasteiger partial charge in [-0.05, 0) is 72.6 Å². The number of aromatic carboxylic acids is 1. The van der Waals surface area contributed by atoms with E-state index in [0.29, 0.717) is 28.8 Å². The molecule has 3 aromatic rings. The van der Waals surface area contributed by atoms with Crippen LogP contribution in [0.15, 0.2) is 29.1 Å². The molecule has 5 rings (SSSR count). The number of nitrogen functional groups attached to an aromatic ring is 1. The van der Waals surface area contributed by atoms with Gasteiger partial charge in [-0.25, -0.2) is 9.18 Å². The van der Waals surface area contributed by atoms with Crippen molar-refractivity contribution in [3.8, 4) is 11.1 Å². The zero-order valence-electron chi connectivity index (χ0n) is 16.8. The van der Waals surface area contributed by atoms with Gasteiger partial charge in [0.2, 0.25) is 0 Å². The lowest BCUT2D eigenvalue weighted by Gasteiger charge is -2.19. The number of benzene rings is 1. The smallest absolute Gasteiger partial charge is 0.341 e. The maximum Gasteiger partial charge on any atom is 0.341 e. The van der Waals surface area contributed by atoms with E-state index in [1.165, 1.54) is 11.6 Å². The molecule has 1 aliphatic carbocycles. The quantitative estimate of drug-likeness (QED) is 0.615. The van der Waals surface area contributed by atoms with Gasteiger partial charge in [-0.15, -0.1) is 0 Å². The summed E-state index contributed by atoms with van der Waals surface area (Å²) in [5, 5.41) is 12.8. The fourth-order valence-corrected chi connectivity index (χ4v) is 4.67. The number of carboxylic acid groups (broad SMARTS) is 1. The van der Waals surface area contributed by atoms with Crippen LogP contribution in [0.25, 0.3) is 16.6 Å². The molecular formula is C23H22FN3O3. The van der Waals surface area contributed by atoms with Crippen molar-refractivity contribution in [2.45, 2.75) is 45.2 Å².